The van der Waals surface area contributed by atoms with Crippen LogP contribution in [0.4, 0.5) is 4.79 Å². The fourth-order valence-corrected chi connectivity index (χ4v) is 2.35. The van der Waals surface area contributed by atoms with E-state index in [1.54, 1.807) is 17.3 Å². The summed E-state index contributed by atoms with van der Waals surface area (Å²) >= 11 is 3.23. The van der Waals surface area contributed by atoms with Crippen LogP contribution in [0, 0.1) is 0 Å². The first-order chi connectivity index (χ1) is 9.58. The van der Waals surface area contributed by atoms with Crippen LogP contribution in [-0.4, -0.2) is 46.2 Å². The number of ether oxygens (including phenoxy) is 1. The predicted molar refractivity (Wildman–Crippen MR) is 78.2 cm³/mol. The van der Waals surface area contributed by atoms with E-state index in [0.717, 1.165) is 12.1 Å². The number of halogens is 1. The highest BCUT2D eigenvalue weighted by Crippen LogP contribution is 2.13. The molecule has 110 valence electrons. The number of rotatable bonds is 3. The Labute approximate surface area is 127 Å². The van der Waals surface area contributed by atoms with Crippen LogP contribution in [0.15, 0.2) is 17.0 Å². The third-order valence-corrected chi connectivity index (χ3v) is 3.57. The van der Waals surface area contributed by atoms with Gasteiger partial charge in [-0.15, -0.1) is 0 Å². The van der Waals surface area contributed by atoms with Gasteiger partial charge in [0.05, 0.1) is 36.8 Å². The van der Waals surface area contributed by atoms with Gasteiger partial charge in [-0.25, -0.2) is 9.78 Å². The van der Waals surface area contributed by atoms with E-state index in [2.05, 4.69) is 38.1 Å². The highest BCUT2D eigenvalue weighted by molar-refractivity contribution is 9.10. The monoisotopic (exact) mass is 342 g/mol. The smallest absolute Gasteiger partial charge is 0.317 e. The average Bonchev–Trinajstić information content (AvgIpc) is 2.45. The Morgan fingerprint density at radius 1 is 1.50 bits per heavy atom. The second-order valence-corrected chi connectivity index (χ2v) is 5.68. The Morgan fingerprint density at radius 2 is 2.30 bits per heavy atom. The fraction of sp³-hybridized carbons (Fsp3) is 0.615. The number of nitrogens with zero attached hydrogens (tertiary/aromatic N) is 3. The topological polar surface area (TPSA) is 67.4 Å². The minimum absolute atomic E-state index is 0.0759. The molecule has 0 radical (unpaired) electrons. The third-order valence-electron chi connectivity index (χ3n) is 3.16. The SMILES string of the molecule is CCC1CN(C(=O)NCc2cnc(Br)cn2)CC(C)O1. The van der Waals surface area contributed by atoms with Crippen LogP contribution in [0.1, 0.15) is 26.0 Å². The van der Waals surface area contributed by atoms with Gasteiger partial charge in [0, 0.05) is 13.1 Å². The summed E-state index contributed by atoms with van der Waals surface area (Å²) in [4.78, 5) is 22.2. The first kappa shape index (κ1) is 15.2. The van der Waals surface area contributed by atoms with Gasteiger partial charge in [-0.05, 0) is 29.3 Å². The number of nitrogens with one attached hydrogen (secondary N) is 1. The summed E-state index contributed by atoms with van der Waals surface area (Å²) in [5, 5.41) is 2.87. The number of morpholine rings is 1. The van der Waals surface area contributed by atoms with Crippen molar-refractivity contribution in [2.75, 3.05) is 13.1 Å². The maximum absolute atomic E-state index is 12.1. The van der Waals surface area contributed by atoms with E-state index in [4.69, 9.17) is 4.74 Å². The molecule has 1 aliphatic rings. The van der Waals surface area contributed by atoms with Crippen LogP contribution < -0.4 is 5.32 Å². The fourth-order valence-electron chi connectivity index (χ4n) is 2.14. The summed E-state index contributed by atoms with van der Waals surface area (Å²) in [5.41, 5.74) is 0.731. The number of carbonyl (C=O) groups is 1. The lowest BCUT2D eigenvalue weighted by Gasteiger charge is -2.36. The summed E-state index contributed by atoms with van der Waals surface area (Å²) in [5.74, 6) is 0. The van der Waals surface area contributed by atoms with Gasteiger partial charge in [-0.3, -0.25) is 4.98 Å². The number of urea groups is 1. The molecule has 2 amide bonds. The van der Waals surface area contributed by atoms with Gasteiger partial charge in [-0.1, -0.05) is 6.92 Å². The molecule has 1 aromatic rings. The Morgan fingerprint density at radius 3 is 2.95 bits per heavy atom. The van der Waals surface area contributed by atoms with Crippen LogP contribution in [-0.2, 0) is 11.3 Å². The standard InChI is InChI=1S/C13H19BrN4O2/c1-3-11-8-18(7-9(2)20-11)13(19)17-5-10-4-16-12(14)6-15-10/h4,6,9,11H,3,5,7-8H2,1-2H3,(H,17,19). The van der Waals surface area contributed by atoms with Crippen molar-refractivity contribution in [2.24, 2.45) is 0 Å². The van der Waals surface area contributed by atoms with Crippen LogP contribution >= 0.6 is 15.9 Å². The minimum Gasteiger partial charge on any atom is -0.372 e. The van der Waals surface area contributed by atoms with Crippen LogP contribution in [0.3, 0.4) is 0 Å². The lowest BCUT2D eigenvalue weighted by molar-refractivity contribution is -0.0646. The molecule has 1 aliphatic heterocycles. The van der Waals surface area contributed by atoms with Crippen LogP contribution in [0.25, 0.3) is 0 Å². The van der Waals surface area contributed by atoms with E-state index < -0.39 is 0 Å². The largest absolute Gasteiger partial charge is 0.372 e. The average molecular weight is 343 g/mol. The molecule has 2 rings (SSSR count). The van der Waals surface area contributed by atoms with E-state index in [9.17, 15) is 4.79 Å². The van der Waals surface area contributed by atoms with Gasteiger partial charge in [0.2, 0.25) is 0 Å². The highest BCUT2D eigenvalue weighted by atomic mass is 79.9. The molecule has 0 bridgehead atoms. The van der Waals surface area contributed by atoms with Crippen molar-refractivity contribution < 1.29 is 9.53 Å². The van der Waals surface area contributed by atoms with E-state index in [0.29, 0.717) is 24.2 Å². The Bertz CT molecular complexity index is 454. The molecule has 2 atom stereocenters. The number of amides is 2. The zero-order valence-corrected chi connectivity index (χ0v) is 13.3. The van der Waals surface area contributed by atoms with Crippen molar-refractivity contribution in [2.45, 2.75) is 39.0 Å². The van der Waals surface area contributed by atoms with Crippen molar-refractivity contribution in [1.82, 2.24) is 20.2 Å². The summed E-state index contributed by atoms with van der Waals surface area (Å²) in [7, 11) is 0. The molecule has 2 heterocycles. The van der Waals surface area contributed by atoms with Crippen LogP contribution in [0.5, 0.6) is 0 Å². The molecule has 0 aromatic carbocycles. The highest BCUT2D eigenvalue weighted by Gasteiger charge is 2.27. The molecule has 1 N–H and O–H groups in total. The van der Waals surface area contributed by atoms with E-state index in [1.807, 2.05) is 6.92 Å². The molecule has 20 heavy (non-hydrogen) atoms. The lowest BCUT2D eigenvalue weighted by atomic mass is 10.2. The van der Waals surface area contributed by atoms with Crippen molar-refractivity contribution in [3.05, 3.63) is 22.7 Å². The zero-order valence-electron chi connectivity index (χ0n) is 11.7. The Kier molecular flexibility index (Phi) is 5.31. The number of aromatic nitrogens is 2. The number of hydrogen-bond donors (Lipinski definition) is 1. The number of carbonyl (C=O) groups excluding carboxylic acids is 1. The van der Waals surface area contributed by atoms with Gasteiger partial charge in [-0.2, -0.15) is 0 Å². The molecule has 1 aromatic heterocycles. The summed E-state index contributed by atoms with van der Waals surface area (Å²) in [6, 6.07) is -0.0803. The zero-order chi connectivity index (χ0) is 14.5. The molecule has 0 aliphatic carbocycles. The quantitative estimate of drug-likeness (QED) is 0.911. The molecule has 0 spiro atoms. The second kappa shape index (κ2) is 6.99. The number of hydrogen-bond acceptors (Lipinski definition) is 4. The minimum atomic E-state index is -0.0803. The molecule has 2 unspecified atom stereocenters. The molecular weight excluding hydrogens is 324 g/mol. The van der Waals surface area contributed by atoms with Gasteiger partial charge in [0.25, 0.3) is 0 Å². The van der Waals surface area contributed by atoms with Crippen molar-refractivity contribution in [1.29, 1.82) is 0 Å². The maximum atomic E-state index is 12.1. The molecule has 6 nitrogen and oxygen atoms in total. The van der Waals surface area contributed by atoms with Crippen LogP contribution in [0.2, 0.25) is 0 Å². The molecule has 1 fully saturated rings. The Hall–Kier alpha value is -1.21. The lowest BCUT2D eigenvalue weighted by Crippen LogP contribution is -2.52. The van der Waals surface area contributed by atoms with Gasteiger partial charge < -0.3 is 15.0 Å². The van der Waals surface area contributed by atoms with Crippen molar-refractivity contribution >= 4 is 22.0 Å². The van der Waals surface area contributed by atoms with Gasteiger partial charge in [0.1, 0.15) is 4.60 Å². The Balaban J connectivity index is 1.86. The van der Waals surface area contributed by atoms with Crippen molar-refractivity contribution in [3.8, 4) is 0 Å². The predicted octanol–water partition coefficient (Wildman–Crippen LogP) is 1.95. The van der Waals surface area contributed by atoms with Gasteiger partial charge >= 0.3 is 6.03 Å². The molecular formula is C13H19BrN4O2. The first-order valence-corrected chi connectivity index (χ1v) is 7.52. The van der Waals surface area contributed by atoms with E-state index in [-0.39, 0.29) is 18.2 Å². The normalized spacial score (nSPS) is 22.6. The van der Waals surface area contributed by atoms with Gasteiger partial charge in [0.15, 0.2) is 0 Å². The third kappa shape index (κ3) is 4.14. The second-order valence-electron chi connectivity index (χ2n) is 4.87. The molecule has 7 heteroatoms. The van der Waals surface area contributed by atoms with E-state index in [1.165, 1.54) is 0 Å². The summed E-state index contributed by atoms with van der Waals surface area (Å²) < 4.78 is 6.42. The summed E-state index contributed by atoms with van der Waals surface area (Å²) in [6.45, 7) is 5.69. The van der Waals surface area contributed by atoms with Crippen molar-refractivity contribution in [3.63, 3.8) is 0 Å². The molecule has 1 saturated heterocycles. The first-order valence-electron chi connectivity index (χ1n) is 6.73. The van der Waals surface area contributed by atoms with E-state index >= 15 is 0 Å². The molecule has 0 saturated carbocycles. The summed E-state index contributed by atoms with van der Waals surface area (Å²) in [6.07, 6.45) is 4.36. The maximum Gasteiger partial charge on any atom is 0.317 e.